The van der Waals surface area contributed by atoms with Crippen LogP contribution in [0.15, 0.2) is 18.2 Å². The van der Waals surface area contributed by atoms with Crippen molar-refractivity contribution >= 4 is 39.7 Å². The van der Waals surface area contributed by atoms with E-state index in [4.69, 9.17) is 16.3 Å². The monoisotopic (exact) mass is 322 g/mol. The summed E-state index contributed by atoms with van der Waals surface area (Å²) in [5, 5.41) is 0.950. The molecule has 110 valence electrons. The number of rotatable bonds is 2. The lowest BCUT2D eigenvalue weighted by Crippen LogP contribution is -2.24. The molecule has 1 aromatic carbocycles. The van der Waals surface area contributed by atoms with E-state index in [-0.39, 0.29) is 5.15 Å². The number of hydrogen-bond donors (Lipinski definition) is 0. The highest BCUT2D eigenvalue weighted by Gasteiger charge is 2.24. The fourth-order valence-electron chi connectivity index (χ4n) is 2.55. The van der Waals surface area contributed by atoms with Crippen molar-refractivity contribution in [1.82, 2.24) is 4.98 Å². The van der Waals surface area contributed by atoms with Gasteiger partial charge >= 0.3 is 5.97 Å². The first-order chi connectivity index (χ1) is 10.1. The molecule has 6 heteroatoms. The Hall–Kier alpha value is -1.59. The standard InChI is InChI=1S/C15H15ClN2O2S/c1-9-5-6-11-10(8-9)4-3-7-18(11)15-17-13(16)12(21-15)14(19)20-2/h5-6,8H,3-4,7H2,1-2H3. The minimum Gasteiger partial charge on any atom is -0.465 e. The molecule has 0 unspecified atom stereocenters. The van der Waals surface area contributed by atoms with Crippen molar-refractivity contribution in [1.29, 1.82) is 0 Å². The van der Waals surface area contributed by atoms with E-state index < -0.39 is 5.97 Å². The fourth-order valence-corrected chi connectivity index (χ4v) is 3.79. The van der Waals surface area contributed by atoms with Gasteiger partial charge in [0.2, 0.25) is 0 Å². The van der Waals surface area contributed by atoms with Gasteiger partial charge in [-0.05, 0) is 31.4 Å². The molecule has 0 fully saturated rings. The molecule has 1 aliphatic heterocycles. The highest BCUT2D eigenvalue weighted by atomic mass is 35.5. The average molecular weight is 323 g/mol. The number of nitrogens with zero attached hydrogens (tertiary/aromatic N) is 2. The molecule has 3 rings (SSSR count). The van der Waals surface area contributed by atoms with Crippen LogP contribution in [0.2, 0.25) is 5.15 Å². The summed E-state index contributed by atoms with van der Waals surface area (Å²) in [7, 11) is 1.34. The van der Waals surface area contributed by atoms with Gasteiger partial charge in [0.15, 0.2) is 15.2 Å². The maximum atomic E-state index is 11.7. The molecule has 21 heavy (non-hydrogen) atoms. The van der Waals surface area contributed by atoms with Gasteiger partial charge in [-0.3, -0.25) is 0 Å². The lowest BCUT2D eigenvalue weighted by Gasteiger charge is -2.29. The summed E-state index contributed by atoms with van der Waals surface area (Å²) >= 11 is 7.34. The fraction of sp³-hybridized carbons (Fsp3) is 0.333. The Morgan fingerprint density at radius 1 is 1.48 bits per heavy atom. The van der Waals surface area contributed by atoms with E-state index in [0.29, 0.717) is 4.88 Å². The summed E-state index contributed by atoms with van der Waals surface area (Å²) in [4.78, 5) is 18.5. The van der Waals surface area contributed by atoms with Crippen molar-refractivity contribution in [3.05, 3.63) is 39.4 Å². The number of aryl methyl sites for hydroxylation is 2. The molecule has 0 atom stereocenters. The molecule has 1 aromatic heterocycles. The summed E-state index contributed by atoms with van der Waals surface area (Å²) in [5.41, 5.74) is 3.71. The Balaban J connectivity index is 2.01. The molecule has 0 saturated heterocycles. The predicted octanol–water partition coefficient (Wildman–Crippen LogP) is 3.98. The van der Waals surface area contributed by atoms with Crippen LogP contribution in [0.25, 0.3) is 0 Å². The lowest BCUT2D eigenvalue weighted by molar-refractivity contribution is 0.0606. The molecule has 2 aromatic rings. The van der Waals surface area contributed by atoms with E-state index in [9.17, 15) is 4.79 Å². The van der Waals surface area contributed by atoms with Crippen molar-refractivity contribution in [3.63, 3.8) is 0 Å². The zero-order chi connectivity index (χ0) is 15.0. The highest BCUT2D eigenvalue weighted by Crippen LogP contribution is 2.38. The van der Waals surface area contributed by atoms with Crippen molar-refractivity contribution in [2.75, 3.05) is 18.6 Å². The number of esters is 1. The quantitative estimate of drug-likeness (QED) is 0.784. The zero-order valence-electron chi connectivity index (χ0n) is 11.9. The van der Waals surface area contributed by atoms with Crippen LogP contribution in [0.3, 0.4) is 0 Å². The van der Waals surface area contributed by atoms with Crippen LogP contribution in [0.5, 0.6) is 0 Å². The molecule has 2 heterocycles. The lowest BCUT2D eigenvalue weighted by atomic mass is 10.0. The van der Waals surface area contributed by atoms with E-state index in [2.05, 4.69) is 35.0 Å². The maximum Gasteiger partial charge on any atom is 0.351 e. The number of halogens is 1. The molecule has 0 amide bonds. The van der Waals surface area contributed by atoms with Crippen molar-refractivity contribution in [2.45, 2.75) is 19.8 Å². The van der Waals surface area contributed by atoms with Crippen LogP contribution in [-0.2, 0) is 11.2 Å². The maximum absolute atomic E-state index is 11.7. The number of fused-ring (bicyclic) bond motifs is 1. The third kappa shape index (κ3) is 2.63. The third-order valence-corrected chi connectivity index (χ3v) is 4.97. The Bertz CT molecular complexity index is 699. The van der Waals surface area contributed by atoms with E-state index in [1.807, 2.05) is 0 Å². The number of benzene rings is 1. The van der Waals surface area contributed by atoms with Gasteiger partial charge in [0.1, 0.15) is 0 Å². The average Bonchev–Trinajstić information content (AvgIpc) is 2.87. The molecule has 0 radical (unpaired) electrons. The normalized spacial score (nSPS) is 14.0. The Labute approximate surface area is 132 Å². The Morgan fingerprint density at radius 2 is 2.29 bits per heavy atom. The number of anilines is 2. The van der Waals surface area contributed by atoms with Crippen LogP contribution in [0.1, 0.15) is 27.2 Å². The minimum absolute atomic E-state index is 0.209. The van der Waals surface area contributed by atoms with Gasteiger partial charge in [-0.25, -0.2) is 9.78 Å². The smallest absolute Gasteiger partial charge is 0.351 e. The summed E-state index contributed by atoms with van der Waals surface area (Å²) in [6, 6.07) is 6.41. The molecule has 0 saturated carbocycles. The Morgan fingerprint density at radius 3 is 3.05 bits per heavy atom. The minimum atomic E-state index is -0.440. The molecular weight excluding hydrogens is 308 g/mol. The van der Waals surface area contributed by atoms with Crippen LogP contribution >= 0.6 is 22.9 Å². The number of aromatic nitrogens is 1. The summed E-state index contributed by atoms with van der Waals surface area (Å²) < 4.78 is 4.73. The van der Waals surface area contributed by atoms with E-state index in [1.54, 1.807) is 0 Å². The number of carbonyl (C=O) groups excluding carboxylic acids is 1. The topological polar surface area (TPSA) is 42.4 Å². The van der Waals surface area contributed by atoms with Gasteiger partial charge in [0.25, 0.3) is 0 Å². The van der Waals surface area contributed by atoms with Crippen LogP contribution < -0.4 is 4.90 Å². The molecule has 1 aliphatic rings. The van der Waals surface area contributed by atoms with Gasteiger partial charge in [-0.2, -0.15) is 0 Å². The van der Waals surface area contributed by atoms with Gasteiger partial charge < -0.3 is 9.64 Å². The second-order valence-corrected chi connectivity index (χ2v) is 6.33. The van der Waals surface area contributed by atoms with Gasteiger partial charge in [0.05, 0.1) is 7.11 Å². The molecule has 4 nitrogen and oxygen atoms in total. The van der Waals surface area contributed by atoms with Crippen LogP contribution in [-0.4, -0.2) is 24.6 Å². The molecule has 0 bridgehead atoms. The first-order valence-corrected chi connectivity index (χ1v) is 7.91. The molecule has 0 N–H and O–H groups in total. The molecular formula is C15H15ClN2O2S. The van der Waals surface area contributed by atoms with Crippen molar-refractivity contribution in [2.24, 2.45) is 0 Å². The van der Waals surface area contributed by atoms with Crippen LogP contribution in [0, 0.1) is 6.92 Å². The predicted molar refractivity (Wildman–Crippen MR) is 85.0 cm³/mol. The van der Waals surface area contributed by atoms with Gasteiger partial charge in [-0.1, -0.05) is 40.6 Å². The van der Waals surface area contributed by atoms with Gasteiger partial charge in [0, 0.05) is 12.2 Å². The van der Waals surface area contributed by atoms with E-state index in [0.717, 1.165) is 30.2 Å². The molecule has 0 spiro atoms. The zero-order valence-corrected chi connectivity index (χ0v) is 13.4. The Kier molecular flexibility index (Phi) is 3.87. The number of thiazole rings is 1. The number of hydrogen-bond acceptors (Lipinski definition) is 5. The second-order valence-electron chi connectivity index (χ2n) is 5.00. The van der Waals surface area contributed by atoms with Gasteiger partial charge in [-0.15, -0.1) is 0 Å². The summed E-state index contributed by atoms with van der Waals surface area (Å²) in [6.07, 6.45) is 2.12. The number of carbonyl (C=O) groups is 1. The first-order valence-electron chi connectivity index (χ1n) is 6.72. The van der Waals surface area contributed by atoms with Crippen molar-refractivity contribution < 1.29 is 9.53 Å². The number of methoxy groups -OCH3 is 1. The first kappa shape index (κ1) is 14.4. The van der Waals surface area contributed by atoms with E-state index >= 15 is 0 Å². The SMILES string of the molecule is COC(=O)c1sc(N2CCCc3cc(C)ccc32)nc1Cl. The van der Waals surface area contributed by atoms with Crippen molar-refractivity contribution in [3.8, 4) is 0 Å². The summed E-state index contributed by atoms with van der Waals surface area (Å²) in [6.45, 7) is 2.97. The second kappa shape index (κ2) is 5.66. The number of ether oxygens (including phenoxy) is 1. The highest BCUT2D eigenvalue weighted by molar-refractivity contribution is 7.18. The largest absolute Gasteiger partial charge is 0.465 e. The summed E-state index contributed by atoms with van der Waals surface area (Å²) in [5.74, 6) is -0.440. The van der Waals surface area contributed by atoms with Crippen LogP contribution in [0.4, 0.5) is 10.8 Å². The van der Waals surface area contributed by atoms with E-state index in [1.165, 1.54) is 29.6 Å². The third-order valence-electron chi connectivity index (χ3n) is 3.53. The molecule has 0 aliphatic carbocycles.